The van der Waals surface area contributed by atoms with Crippen molar-refractivity contribution >= 4 is 11.8 Å². The number of hydrogen-bond donors (Lipinski definition) is 1. The quantitative estimate of drug-likeness (QED) is 0.878. The normalized spacial score (nSPS) is 13.4. The third kappa shape index (κ3) is 4.73. The zero-order valence-corrected chi connectivity index (χ0v) is 14.1. The molecule has 0 aliphatic heterocycles. The molecule has 19 heavy (non-hydrogen) atoms. The van der Waals surface area contributed by atoms with E-state index < -0.39 is 0 Å². The Balaban J connectivity index is 2.95. The predicted octanol–water partition coefficient (Wildman–Crippen LogP) is 4.10. The van der Waals surface area contributed by atoms with E-state index in [0.29, 0.717) is 10.8 Å². The molecule has 2 nitrogen and oxygen atoms in total. The maximum Gasteiger partial charge on any atom is 0.122 e. The Bertz CT molecular complexity index is 423. The number of thioether (sulfide) groups is 1. The van der Waals surface area contributed by atoms with Crippen LogP contribution in [0.15, 0.2) is 12.1 Å². The molecule has 0 aliphatic carbocycles. The van der Waals surface area contributed by atoms with Gasteiger partial charge in [-0.1, -0.05) is 26.8 Å². The Labute approximate surface area is 122 Å². The van der Waals surface area contributed by atoms with Crippen LogP contribution in [0.2, 0.25) is 0 Å². The molecule has 0 spiro atoms. The Morgan fingerprint density at radius 1 is 1.21 bits per heavy atom. The van der Waals surface area contributed by atoms with Gasteiger partial charge in [-0.15, -0.1) is 0 Å². The van der Waals surface area contributed by atoms with Crippen LogP contribution in [0.5, 0.6) is 5.75 Å². The van der Waals surface area contributed by atoms with Gasteiger partial charge in [-0.25, -0.2) is 0 Å². The summed E-state index contributed by atoms with van der Waals surface area (Å²) < 4.78 is 5.68. The smallest absolute Gasteiger partial charge is 0.122 e. The third-order valence-corrected chi connectivity index (χ3v) is 4.56. The molecule has 0 heterocycles. The molecule has 1 aromatic carbocycles. The number of ether oxygens (including phenoxy) is 1. The van der Waals surface area contributed by atoms with Crippen LogP contribution in [0.25, 0.3) is 0 Å². The van der Waals surface area contributed by atoms with E-state index in [9.17, 15) is 0 Å². The van der Waals surface area contributed by atoms with Crippen LogP contribution >= 0.6 is 11.8 Å². The van der Waals surface area contributed by atoms with Gasteiger partial charge in [-0.2, -0.15) is 11.8 Å². The molecule has 1 atom stereocenters. The number of benzene rings is 1. The fourth-order valence-corrected chi connectivity index (χ4v) is 3.08. The van der Waals surface area contributed by atoms with E-state index in [2.05, 4.69) is 52.1 Å². The first-order valence-corrected chi connectivity index (χ1v) is 7.73. The predicted molar refractivity (Wildman–Crippen MR) is 86.5 cm³/mol. The highest BCUT2D eigenvalue weighted by Gasteiger charge is 2.18. The average molecular weight is 281 g/mol. The van der Waals surface area contributed by atoms with Crippen molar-refractivity contribution in [2.24, 2.45) is 0 Å². The lowest BCUT2D eigenvalue weighted by molar-refractivity contribution is 0.411. The highest BCUT2D eigenvalue weighted by Crippen LogP contribution is 2.32. The van der Waals surface area contributed by atoms with Crippen molar-refractivity contribution in [3.8, 4) is 5.75 Å². The molecule has 108 valence electrons. The summed E-state index contributed by atoms with van der Waals surface area (Å²) in [6, 6.07) is 4.77. The second kappa shape index (κ2) is 6.67. The lowest BCUT2D eigenvalue weighted by Gasteiger charge is -2.25. The third-order valence-electron chi connectivity index (χ3n) is 3.19. The number of rotatable bonds is 5. The van der Waals surface area contributed by atoms with Crippen molar-refractivity contribution in [2.45, 2.75) is 45.4 Å². The first-order valence-electron chi connectivity index (χ1n) is 6.75. The number of nitrogens with one attached hydrogen (secondary N) is 1. The second-order valence-electron chi connectivity index (χ2n) is 5.94. The van der Waals surface area contributed by atoms with Crippen molar-refractivity contribution in [3.05, 3.63) is 28.8 Å². The van der Waals surface area contributed by atoms with Gasteiger partial charge in [-0.05, 0) is 43.7 Å². The lowest BCUT2D eigenvalue weighted by Crippen LogP contribution is -2.22. The molecule has 0 saturated carbocycles. The van der Waals surface area contributed by atoms with Crippen molar-refractivity contribution in [1.82, 2.24) is 5.32 Å². The monoisotopic (exact) mass is 281 g/mol. The van der Waals surface area contributed by atoms with Crippen LogP contribution in [-0.4, -0.2) is 24.7 Å². The Morgan fingerprint density at radius 3 is 2.32 bits per heavy atom. The largest absolute Gasteiger partial charge is 0.496 e. The standard InChI is InChI=1S/C16H27NOS/c1-11-9-15(18-7)12(2)8-13(11)14(17-6)10-19-16(3,4)5/h8-9,14,17H,10H2,1-7H3. The van der Waals surface area contributed by atoms with E-state index in [1.54, 1.807) is 7.11 Å². The van der Waals surface area contributed by atoms with Crippen LogP contribution in [0.3, 0.4) is 0 Å². The van der Waals surface area contributed by atoms with Crippen molar-refractivity contribution in [1.29, 1.82) is 0 Å². The molecule has 1 N–H and O–H groups in total. The SMILES string of the molecule is CNC(CSC(C)(C)C)c1cc(C)c(OC)cc1C. The van der Waals surface area contributed by atoms with Gasteiger partial charge in [0.05, 0.1) is 7.11 Å². The van der Waals surface area contributed by atoms with Crippen LogP contribution in [0.4, 0.5) is 0 Å². The van der Waals surface area contributed by atoms with Gasteiger partial charge >= 0.3 is 0 Å². The summed E-state index contributed by atoms with van der Waals surface area (Å²) in [7, 11) is 3.76. The summed E-state index contributed by atoms with van der Waals surface area (Å²) >= 11 is 1.99. The minimum absolute atomic E-state index is 0.296. The van der Waals surface area contributed by atoms with Crippen molar-refractivity contribution < 1.29 is 4.74 Å². The Kier molecular flexibility index (Phi) is 5.75. The van der Waals surface area contributed by atoms with Gasteiger partial charge in [-0.3, -0.25) is 0 Å². The van der Waals surface area contributed by atoms with E-state index in [4.69, 9.17) is 4.74 Å². The average Bonchev–Trinajstić information content (AvgIpc) is 2.32. The first kappa shape index (κ1) is 16.4. The summed E-state index contributed by atoms with van der Waals surface area (Å²) in [5.74, 6) is 2.05. The summed E-state index contributed by atoms with van der Waals surface area (Å²) in [5.41, 5.74) is 3.86. The summed E-state index contributed by atoms with van der Waals surface area (Å²) in [4.78, 5) is 0. The Morgan fingerprint density at radius 2 is 1.84 bits per heavy atom. The summed E-state index contributed by atoms with van der Waals surface area (Å²) in [6.45, 7) is 11.0. The molecule has 1 aromatic rings. The minimum atomic E-state index is 0.296. The van der Waals surface area contributed by atoms with E-state index in [1.807, 2.05) is 18.8 Å². The number of methoxy groups -OCH3 is 1. The molecule has 0 radical (unpaired) electrons. The molecule has 1 unspecified atom stereocenters. The van der Waals surface area contributed by atoms with Gasteiger partial charge < -0.3 is 10.1 Å². The van der Waals surface area contributed by atoms with Gasteiger partial charge in [0.1, 0.15) is 5.75 Å². The molecule has 0 amide bonds. The first-order chi connectivity index (χ1) is 8.78. The van der Waals surface area contributed by atoms with Gasteiger partial charge in [0, 0.05) is 16.5 Å². The molecule has 0 saturated heterocycles. The van der Waals surface area contributed by atoms with Crippen LogP contribution in [0, 0.1) is 13.8 Å². The van der Waals surface area contributed by atoms with E-state index in [1.165, 1.54) is 16.7 Å². The zero-order chi connectivity index (χ0) is 14.6. The van der Waals surface area contributed by atoms with Crippen molar-refractivity contribution in [3.63, 3.8) is 0 Å². The fraction of sp³-hybridized carbons (Fsp3) is 0.625. The number of hydrogen-bond acceptors (Lipinski definition) is 3. The molecule has 0 aromatic heterocycles. The molecule has 0 fully saturated rings. The maximum absolute atomic E-state index is 5.38. The highest BCUT2D eigenvalue weighted by molar-refractivity contribution is 8.00. The van der Waals surface area contributed by atoms with E-state index in [-0.39, 0.29) is 0 Å². The van der Waals surface area contributed by atoms with Gasteiger partial charge in [0.15, 0.2) is 0 Å². The van der Waals surface area contributed by atoms with Crippen LogP contribution in [-0.2, 0) is 0 Å². The number of aryl methyl sites for hydroxylation is 2. The van der Waals surface area contributed by atoms with E-state index in [0.717, 1.165) is 11.5 Å². The highest BCUT2D eigenvalue weighted by atomic mass is 32.2. The topological polar surface area (TPSA) is 21.3 Å². The van der Waals surface area contributed by atoms with Crippen molar-refractivity contribution in [2.75, 3.05) is 19.9 Å². The molecular formula is C16H27NOS. The summed E-state index contributed by atoms with van der Waals surface area (Å²) in [6.07, 6.45) is 0. The fourth-order valence-electron chi connectivity index (χ4n) is 2.07. The molecule has 3 heteroatoms. The zero-order valence-electron chi connectivity index (χ0n) is 13.3. The Hall–Kier alpha value is -0.670. The summed E-state index contributed by atoms with van der Waals surface area (Å²) in [5, 5.41) is 3.43. The van der Waals surface area contributed by atoms with Gasteiger partial charge in [0.2, 0.25) is 0 Å². The molecule has 1 rings (SSSR count). The minimum Gasteiger partial charge on any atom is -0.496 e. The van der Waals surface area contributed by atoms with Crippen LogP contribution < -0.4 is 10.1 Å². The van der Waals surface area contributed by atoms with Gasteiger partial charge in [0.25, 0.3) is 0 Å². The molecule has 0 aliphatic rings. The molecular weight excluding hydrogens is 254 g/mol. The molecule has 0 bridgehead atoms. The lowest BCUT2D eigenvalue weighted by atomic mass is 9.99. The second-order valence-corrected chi connectivity index (χ2v) is 7.79. The van der Waals surface area contributed by atoms with E-state index >= 15 is 0 Å². The van der Waals surface area contributed by atoms with Crippen LogP contribution in [0.1, 0.15) is 43.5 Å². The maximum atomic E-state index is 5.38.